The molecule has 108 valence electrons. The molecule has 2 aromatic carbocycles. The lowest BCUT2D eigenvalue weighted by Crippen LogP contribution is -2.44. The molecular weight excluding hydrogens is 278 g/mol. The van der Waals surface area contributed by atoms with E-state index in [1.807, 2.05) is 30.3 Å². The van der Waals surface area contributed by atoms with Crippen LogP contribution in [0.2, 0.25) is 0 Å². The molecule has 0 aliphatic heterocycles. The molecule has 22 heavy (non-hydrogen) atoms. The Morgan fingerprint density at radius 1 is 0.864 bits per heavy atom. The fraction of sp³-hybridized carbons (Fsp3) is 0.0556. The van der Waals surface area contributed by atoms with Crippen LogP contribution in [-0.4, -0.2) is 16.9 Å². The van der Waals surface area contributed by atoms with Gasteiger partial charge in [0.25, 0.3) is 5.69 Å². The normalized spacial score (nSPS) is 10.5. The lowest BCUT2D eigenvalue weighted by Gasteiger charge is -2.04. The highest BCUT2D eigenvalue weighted by Gasteiger charge is 2.24. The first-order chi connectivity index (χ1) is 10.7. The van der Waals surface area contributed by atoms with Crippen molar-refractivity contribution in [1.82, 2.24) is 0 Å². The molecular formula is C18H14NO3+. The Labute approximate surface area is 127 Å². The van der Waals surface area contributed by atoms with Crippen LogP contribution in [0.3, 0.4) is 0 Å². The number of rotatable bonds is 4. The molecule has 1 heterocycles. The molecule has 0 aliphatic rings. The van der Waals surface area contributed by atoms with E-state index in [9.17, 15) is 14.7 Å². The van der Waals surface area contributed by atoms with Gasteiger partial charge in [-0.25, -0.2) is 4.79 Å². The molecule has 3 rings (SSSR count). The van der Waals surface area contributed by atoms with Crippen LogP contribution in [-0.2, 0) is 6.54 Å². The number of carbonyl (C=O) groups is 2. The highest BCUT2D eigenvalue weighted by molar-refractivity contribution is 5.95. The zero-order chi connectivity index (χ0) is 15.5. The SMILES string of the molecule is O=C(C[n+]1c(C(=O)O)ccc2ccccc21)c1ccccc1. The summed E-state index contributed by atoms with van der Waals surface area (Å²) >= 11 is 0. The quantitative estimate of drug-likeness (QED) is 0.594. The fourth-order valence-corrected chi connectivity index (χ4v) is 2.48. The second-order valence-corrected chi connectivity index (χ2v) is 4.96. The molecule has 0 atom stereocenters. The van der Waals surface area contributed by atoms with Gasteiger partial charge in [-0.3, -0.25) is 4.79 Å². The van der Waals surface area contributed by atoms with E-state index < -0.39 is 5.97 Å². The van der Waals surface area contributed by atoms with Crippen LogP contribution in [0.4, 0.5) is 0 Å². The van der Waals surface area contributed by atoms with Gasteiger partial charge < -0.3 is 5.11 Å². The highest BCUT2D eigenvalue weighted by atomic mass is 16.4. The molecule has 3 aromatic rings. The summed E-state index contributed by atoms with van der Waals surface area (Å²) in [5.74, 6) is -1.17. The lowest BCUT2D eigenvalue weighted by molar-refractivity contribution is -0.659. The largest absolute Gasteiger partial charge is 0.473 e. The molecule has 4 heteroatoms. The first kappa shape index (κ1) is 13.9. The average Bonchev–Trinajstić information content (AvgIpc) is 2.55. The van der Waals surface area contributed by atoms with Crippen LogP contribution in [0.1, 0.15) is 20.8 Å². The van der Waals surface area contributed by atoms with Gasteiger partial charge in [0.15, 0.2) is 0 Å². The van der Waals surface area contributed by atoms with Crippen LogP contribution in [0.25, 0.3) is 10.9 Å². The molecule has 0 saturated carbocycles. The number of pyridine rings is 1. The number of aromatic nitrogens is 1. The predicted molar refractivity (Wildman–Crippen MR) is 81.9 cm³/mol. The topological polar surface area (TPSA) is 58.2 Å². The number of hydrogen-bond donors (Lipinski definition) is 1. The Balaban J connectivity index is 2.10. The summed E-state index contributed by atoms with van der Waals surface area (Å²) in [6.07, 6.45) is 0. The number of nitrogens with zero attached hydrogens (tertiary/aromatic N) is 1. The summed E-state index contributed by atoms with van der Waals surface area (Å²) in [7, 11) is 0. The molecule has 0 amide bonds. The van der Waals surface area contributed by atoms with Crippen molar-refractivity contribution < 1.29 is 19.3 Å². The Morgan fingerprint density at radius 3 is 2.27 bits per heavy atom. The van der Waals surface area contributed by atoms with Gasteiger partial charge in [0.1, 0.15) is 0 Å². The summed E-state index contributed by atoms with van der Waals surface area (Å²) in [5.41, 5.74) is 1.40. The molecule has 0 bridgehead atoms. The van der Waals surface area contributed by atoms with E-state index in [1.165, 1.54) is 6.07 Å². The van der Waals surface area contributed by atoms with Crippen molar-refractivity contribution in [2.75, 3.05) is 0 Å². The maximum absolute atomic E-state index is 12.4. The fourth-order valence-electron chi connectivity index (χ4n) is 2.48. The van der Waals surface area contributed by atoms with Gasteiger partial charge in [-0.05, 0) is 12.1 Å². The first-order valence-corrected chi connectivity index (χ1v) is 6.90. The van der Waals surface area contributed by atoms with Crippen LogP contribution in [0.5, 0.6) is 0 Å². The van der Waals surface area contributed by atoms with Crippen molar-refractivity contribution in [3.63, 3.8) is 0 Å². The molecule has 0 fully saturated rings. The standard InChI is InChI=1S/C18H13NO3/c20-17(14-7-2-1-3-8-14)12-19-15-9-5-4-6-13(15)10-11-16(19)18(21)22/h1-11H,12H2/p+1. The van der Waals surface area contributed by atoms with E-state index >= 15 is 0 Å². The van der Waals surface area contributed by atoms with Gasteiger partial charge >= 0.3 is 5.97 Å². The van der Waals surface area contributed by atoms with Crippen LogP contribution < -0.4 is 4.57 Å². The van der Waals surface area contributed by atoms with E-state index in [2.05, 4.69) is 0 Å². The molecule has 4 nitrogen and oxygen atoms in total. The van der Waals surface area contributed by atoms with E-state index in [0.29, 0.717) is 5.56 Å². The number of hydrogen-bond acceptors (Lipinski definition) is 2. The number of ketones is 1. The van der Waals surface area contributed by atoms with Crippen LogP contribution >= 0.6 is 0 Å². The second kappa shape index (κ2) is 5.77. The molecule has 0 saturated heterocycles. The van der Waals surface area contributed by atoms with Gasteiger partial charge in [-0.2, -0.15) is 4.57 Å². The van der Waals surface area contributed by atoms with Crippen LogP contribution in [0.15, 0.2) is 66.7 Å². The number of aromatic carboxylic acids is 1. The second-order valence-electron chi connectivity index (χ2n) is 4.96. The number of Topliss-reactive ketones (excluding diaryl/α,β-unsaturated/α-hetero) is 1. The van der Waals surface area contributed by atoms with Gasteiger partial charge in [-0.15, -0.1) is 0 Å². The maximum Gasteiger partial charge on any atom is 0.401 e. The number of para-hydroxylation sites is 1. The molecule has 0 aliphatic carbocycles. The minimum absolute atomic E-state index is 0.00694. The predicted octanol–water partition coefficient (Wildman–Crippen LogP) is 2.71. The first-order valence-electron chi connectivity index (χ1n) is 6.90. The molecule has 1 N–H and O–H groups in total. The Morgan fingerprint density at radius 2 is 1.55 bits per heavy atom. The van der Waals surface area contributed by atoms with Gasteiger partial charge in [0.05, 0.1) is 0 Å². The Hall–Kier alpha value is -3.01. The minimum atomic E-state index is -1.05. The van der Waals surface area contributed by atoms with Gasteiger partial charge in [0, 0.05) is 23.1 Å². The summed E-state index contributed by atoms with van der Waals surface area (Å²) in [6, 6.07) is 19.6. The minimum Gasteiger partial charge on any atom is -0.473 e. The van der Waals surface area contributed by atoms with Crippen molar-refractivity contribution >= 4 is 22.7 Å². The van der Waals surface area contributed by atoms with Crippen molar-refractivity contribution in [3.05, 3.63) is 78.0 Å². The molecule has 1 aromatic heterocycles. The smallest absolute Gasteiger partial charge is 0.401 e. The Bertz CT molecular complexity index is 857. The van der Waals surface area contributed by atoms with Gasteiger partial charge in [0.2, 0.25) is 17.8 Å². The van der Waals surface area contributed by atoms with E-state index in [0.717, 1.165) is 10.9 Å². The number of carboxylic acids is 1. The van der Waals surface area contributed by atoms with Crippen LogP contribution in [0, 0.1) is 0 Å². The summed E-state index contributed by atoms with van der Waals surface area (Å²) in [6.45, 7) is -0.00694. The molecule has 0 radical (unpaired) electrons. The van der Waals surface area contributed by atoms with E-state index in [1.54, 1.807) is 34.9 Å². The number of carbonyl (C=O) groups excluding carboxylic acids is 1. The summed E-state index contributed by atoms with van der Waals surface area (Å²) < 4.78 is 1.55. The zero-order valence-corrected chi connectivity index (χ0v) is 11.8. The third kappa shape index (κ3) is 2.59. The average molecular weight is 292 g/mol. The maximum atomic E-state index is 12.4. The third-order valence-electron chi connectivity index (χ3n) is 3.56. The van der Waals surface area contributed by atoms with Gasteiger partial charge in [-0.1, -0.05) is 42.5 Å². The summed E-state index contributed by atoms with van der Waals surface area (Å²) in [4.78, 5) is 23.9. The van der Waals surface area contributed by atoms with Crippen molar-refractivity contribution in [2.45, 2.75) is 6.54 Å². The monoisotopic (exact) mass is 292 g/mol. The number of carboxylic acid groups (broad SMARTS) is 1. The van der Waals surface area contributed by atoms with E-state index in [4.69, 9.17) is 0 Å². The molecule has 0 spiro atoms. The highest BCUT2D eigenvalue weighted by Crippen LogP contribution is 2.11. The van der Waals surface area contributed by atoms with E-state index in [-0.39, 0.29) is 18.0 Å². The zero-order valence-electron chi connectivity index (χ0n) is 11.8. The summed E-state index contributed by atoms with van der Waals surface area (Å²) in [5, 5.41) is 10.3. The van der Waals surface area contributed by atoms with Crippen molar-refractivity contribution in [3.8, 4) is 0 Å². The third-order valence-corrected chi connectivity index (χ3v) is 3.56. The lowest BCUT2D eigenvalue weighted by atomic mass is 10.1. The van der Waals surface area contributed by atoms with Crippen molar-refractivity contribution in [2.24, 2.45) is 0 Å². The Kier molecular flexibility index (Phi) is 3.66. The number of fused-ring (bicyclic) bond motifs is 1. The molecule has 0 unspecified atom stereocenters. The number of benzene rings is 2. The van der Waals surface area contributed by atoms with Crippen molar-refractivity contribution in [1.29, 1.82) is 0 Å².